The van der Waals surface area contributed by atoms with Gasteiger partial charge in [-0.05, 0) is 37.6 Å². The molecule has 0 radical (unpaired) electrons. The van der Waals surface area contributed by atoms with Gasteiger partial charge in [0, 0.05) is 18.9 Å². The van der Waals surface area contributed by atoms with Gasteiger partial charge in [-0.25, -0.2) is 0 Å². The summed E-state index contributed by atoms with van der Waals surface area (Å²) in [4.78, 5) is 16.5. The molecule has 110 valence electrons. The summed E-state index contributed by atoms with van der Waals surface area (Å²) in [5.41, 5.74) is 2.96. The molecule has 1 aromatic carbocycles. The van der Waals surface area contributed by atoms with Gasteiger partial charge in [0.2, 0.25) is 0 Å². The first-order valence-electron chi connectivity index (χ1n) is 6.79. The highest BCUT2D eigenvalue weighted by atomic mass is 16.5. The van der Waals surface area contributed by atoms with Crippen LogP contribution in [-0.2, 0) is 0 Å². The Labute approximate surface area is 124 Å². The van der Waals surface area contributed by atoms with E-state index < -0.39 is 0 Å². The largest absolute Gasteiger partial charge is 0.495 e. The van der Waals surface area contributed by atoms with E-state index >= 15 is 0 Å². The average Bonchev–Trinajstić information content (AvgIpc) is 2.48. The lowest BCUT2D eigenvalue weighted by atomic mass is 10.1. The number of hydrogen-bond acceptors (Lipinski definition) is 4. The normalized spacial score (nSPS) is 10.0. The summed E-state index contributed by atoms with van der Waals surface area (Å²) in [7, 11) is 1.58. The fourth-order valence-electron chi connectivity index (χ4n) is 2.03. The minimum Gasteiger partial charge on any atom is -0.495 e. The Bertz CT molecular complexity index is 641. The van der Waals surface area contributed by atoms with Gasteiger partial charge in [-0.3, -0.25) is 9.78 Å². The second-order valence-electron chi connectivity index (χ2n) is 4.61. The molecule has 0 atom stereocenters. The molecule has 0 saturated heterocycles. The van der Waals surface area contributed by atoms with Crippen molar-refractivity contribution in [2.24, 2.45) is 0 Å². The predicted octanol–water partition coefficient (Wildman–Crippen LogP) is 3.08. The van der Waals surface area contributed by atoms with Crippen molar-refractivity contribution < 1.29 is 9.53 Å². The fourth-order valence-corrected chi connectivity index (χ4v) is 2.03. The Balaban J connectivity index is 2.28. The Morgan fingerprint density at radius 3 is 2.81 bits per heavy atom. The van der Waals surface area contributed by atoms with Crippen LogP contribution in [-0.4, -0.2) is 24.5 Å². The lowest BCUT2D eigenvalue weighted by Crippen LogP contribution is -2.15. The molecule has 2 N–H and O–H groups in total. The minimum atomic E-state index is -0.219. The number of benzene rings is 1. The van der Waals surface area contributed by atoms with E-state index in [1.807, 2.05) is 32.0 Å². The molecule has 21 heavy (non-hydrogen) atoms. The van der Waals surface area contributed by atoms with E-state index in [9.17, 15) is 4.79 Å². The van der Waals surface area contributed by atoms with Crippen molar-refractivity contribution in [3.05, 3.63) is 47.8 Å². The quantitative estimate of drug-likeness (QED) is 0.886. The van der Waals surface area contributed by atoms with Gasteiger partial charge in [-0.15, -0.1) is 0 Å². The van der Waals surface area contributed by atoms with Crippen LogP contribution < -0.4 is 15.4 Å². The number of anilines is 2. The molecule has 1 aromatic heterocycles. The highest BCUT2D eigenvalue weighted by molar-refractivity contribution is 6.08. The molecule has 0 aliphatic rings. The molecule has 0 aliphatic heterocycles. The Hall–Kier alpha value is -2.56. The van der Waals surface area contributed by atoms with Crippen molar-refractivity contribution >= 4 is 17.3 Å². The van der Waals surface area contributed by atoms with Crippen molar-refractivity contribution in [1.29, 1.82) is 0 Å². The van der Waals surface area contributed by atoms with Crippen LogP contribution in [0.25, 0.3) is 0 Å². The molecule has 2 rings (SSSR count). The molecule has 0 spiro atoms. The van der Waals surface area contributed by atoms with Crippen LogP contribution in [0, 0.1) is 6.92 Å². The summed E-state index contributed by atoms with van der Waals surface area (Å²) in [5.74, 6) is 0.408. The van der Waals surface area contributed by atoms with E-state index in [1.54, 1.807) is 25.6 Å². The molecule has 0 bridgehead atoms. The number of methoxy groups -OCH3 is 1. The van der Waals surface area contributed by atoms with Gasteiger partial charge in [0.15, 0.2) is 0 Å². The molecule has 0 fully saturated rings. The Morgan fingerprint density at radius 1 is 1.29 bits per heavy atom. The number of rotatable bonds is 5. The molecular weight excluding hydrogens is 266 g/mol. The van der Waals surface area contributed by atoms with Crippen molar-refractivity contribution in [3.8, 4) is 5.75 Å². The number of pyridine rings is 1. The number of carbonyl (C=O) groups excluding carboxylic acids is 1. The lowest BCUT2D eigenvalue weighted by Gasteiger charge is -2.13. The topological polar surface area (TPSA) is 63.2 Å². The van der Waals surface area contributed by atoms with Gasteiger partial charge in [0.1, 0.15) is 5.75 Å². The van der Waals surface area contributed by atoms with Gasteiger partial charge in [-0.2, -0.15) is 0 Å². The maximum absolute atomic E-state index is 12.4. The van der Waals surface area contributed by atoms with E-state index in [2.05, 4.69) is 15.6 Å². The Morgan fingerprint density at radius 2 is 2.10 bits per heavy atom. The first kappa shape index (κ1) is 14.8. The van der Waals surface area contributed by atoms with Crippen molar-refractivity contribution in [3.63, 3.8) is 0 Å². The zero-order valence-electron chi connectivity index (χ0n) is 12.4. The zero-order chi connectivity index (χ0) is 15.2. The maximum Gasteiger partial charge on any atom is 0.259 e. The second-order valence-corrected chi connectivity index (χ2v) is 4.61. The monoisotopic (exact) mass is 285 g/mol. The first-order valence-corrected chi connectivity index (χ1v) is 6.79. The fraction of sp³-hybridized carbons (Fsp3) is 0.250. The number of aryl methyl sites for hydroxylation is 1. The Kier molecular flexibility index (Phi) is 4.77. The van der Waals surface area contributed by atoms with E-state index in [0.29, 0.717) is 17.0 Å². The SMILES string of the molecule is CCNc1ccncc1C(=O)Nc1cc(C)ccc1OC. The molecule has 2 aromatic rings. The van der Waals surface area contributed by atoms with Crippen LogP contribution in [0.1, 0.15) is 22.8 Å². The number of ether oxygens (including phenoxy) is 1. The zero-order valence-corrected chi connectivity index (χ0v) is 12.4. The highest BCUT2D eigenvalue weighted by Crippen LogP contribution is 2.26. The third-order valence-corrected chi connectivity index (χ3v) is 3.04. The molecule has 0 unspecified atom stereocenters. The molecule has 1 amide bonds. The molecular formula is C16H19N3O2. The van der Waals surface area contributed by atoms with Crippen LogP contribution in [0.5, 0.6) is 5.75 Å². The average molecular weight is 285 g/mol. The summed E-state index contributed by atoms with van der Waals surface area (Å²) >= 11 is 0. The summed E-state index contributed by atoms with van der Waals surface area (Å²) in [6.45, 7) is 4.67. The summed E-state index contributed by atoms with van der Waals surface area (Å²) in [6.07, 6.45) is 3.21. The third kappa shape index (κ3) is 3.51. The third-order valence-electron chi connectivity index (χ3n) is 3.04. The number of carbonyl (C=O) groups is 1. The van der Waals surface area contributed by atoms with Gasteiger partial charge in [-0.1, -0.05) is 6.07 Å². The van der Waals surface area contributed by atoms with Gasteiger partial charge in [0.25, 0.3) is 5.91 Å². The number of aromatic nitrogens is 1. The van der Waals surface area contributed by atoms with Gasteiger partial charge < -0.3 is 15.4 Å². The summed E-state index contributed by atoms with van der Waals surface area (Å²) in [5, 5.41) is 6.02. The molecule has 0 aliphatic carbocycles. The van der Waals surface area contributed by atoms with Crippen molar-refractivity contribution in [2.45, 2.75) is 13.8 Å². The number of nitrogens with one attached hydrogen (secondary N) is 2. The summed E-state index contributed by atoms with van der Waals surface area (Å²) < 4.78 is 5.27. The van der Waals surface area contributed by atoms with Crippen LogP contribution >= 0.6 is 0 Å². The number of amides is 1. The molecule has 5 heteroatoms. The predicted molar refractivity (Wildman–Crippen MR) is 84.1 cm³/mol. The standard InChI is InChI=1S/C16H19N3O2/c1-4-18-13-7-8-17-10-12(13)16(20)19-14-9-11(2)5-6-15(14)21-3/h5-10H,4H2,1-3H3,(H,17,18)(H,19,20). The van der Waals surface area contributed by atoms with Crippen molar-refractivity contribution in [2.75, 3.05) is 24.3 Å². The molecule has 1 heterocycles. The molecule has 5 nitrogen and oxygen atoms in total. The van der Waals surface area contributed by atoms with E-state index in [4.69, 9.17) is 4.74 Å². The number of nitrogens with zero attached hydrogens (tertiary/aromatic N) is 1. The van der Waals surface area contributed by atoms with E-state index in [-0.39, 0.29) is 5.91 Å². The smallest absolute Gasteiger partial charge is 0.259 e. The van der Waals surface area contributed by atoms with Gasteiger partial charge in [0.05, 0.1) is 24.0 Å². The first-order chi connectivity index (χ1) is 10.2. The highest BCUT2D eigenvalue weighted by Gasteiger charge is 2.13. The van der Waals surface area contributed by atoms with Crippen LogP contribution in [0.4, 0.5) is 11.4 Å². The minimum absolute atomic E-state index is 0.219. The van der Waals surface area contributed by atoms with E-state index in [1.165, 1.54) is 0 Å². The lowest BCUT2D eigenvalue weighted by molar-refractivity contribution is 0.102. The molecule has 0 saturated carbocycles. The summed E-state index contributed by atoms with van der Waals surface area (Å²) in [6, 6.07) is 7.42. The van der Waals surface area contributed by atoms with Crippen LogP contribution in [0.2, 0.25) is 0 Å². The maximum atomic E-state index is 12.4. The van der Waals surface area contributed by atoms with E-state index in [0.717, 1.165) is 17.8 Å². The van der Waals surface area contributed by atoms with Gasteiger partial charge >= 0.3 is 0 Å². The van der Waals surface area contributed by atoms with Crippen LogP contribution in [0.3, 0.4) is 0 Å². The van der Waals surface area contributed by atoms with Crippen molar-refractivity contribution in [1.82, 2.24) is 4.98 Å². The number of hydrogen-bond donors (Lipinski definition) is 2. The van der Waals surface area contributed by atoms with Crippen LogP contribution in [0.15, 0.2) is 36.7 Å². The second kappa shape index (κ2) is 6.74.